The van der Waals surface area contributed by atoms with E-state index in [9.17, 15) is 0 Å². The van der Waals surface area contributed by atoms with E-state index in [4.69, 9.17) is 145 Å². The molecule has 33 heavy (non-hydrogen) atoms. The van der Waals surface area contributed by atoms with Crippen LogP contribution >= 0.6 is 139 Å². The molecule has 5 aliphatic carbocycles. The molecule has 5 aliphatic rings. The third-order valence-corrected chi connectivity index (χ3v) is 16.7. The highest BCUT2D eigenvalue weighted by Crippen LogP contribution is 2.88. The maximum atomic E-state index is 7.26. The molecule has 0 aromatic heterocycles. The quantitative estimate of drug-likeness (QED) is 0.214. The molecule has 2 fully saturated rings. The number of allylic oxidation sites excluding steroid dienone is 4. The van der Waals surface area contributed by atoms with Crippen LogP contribution in [0.4, 0.5) is 5.69 Å². The van der Waals surface area contributed by atoms with Crippen molar-refractivity contribution in [3.05, 3.63) is 49.5 Å². The molecular formula is C20H9Cl12N. The number of benzene rings is 1. The van der Waals surface area contributed by atoms with Gasteiger partial charge in [0.1, 0.15) is 19.5 Å². The minimum Gasteiger partial charge on any atom is -0.399 e. The molecule has 0 spiro atoms. The van der Waals surface area contributed by atoms with Crippen LogP contribution < -0.4 is 5.73 Å². The first kappa shape index (κ1) is 25.3. The maximum absolute atomic E-state index is 7.26. The summed E-state index contributed by atoms with van der Waals surface area (Å²) >= 11 is 83.4. The van der Waals surface area contributed by atoms with E-state index in [-0.39, 0.29) is 20.1 Å². The van der Waals surface area contributed by atoms with Crippen molar-refractivity contribution in [3.8, 4) is 0 Å². The van der Waals surface area contributed by atoms with E-state index >= 15 is 0 Å². The lowest BCUT2D eigenvalue weighted by Gasteiger charge is -2.52. The van der Waals surface area contributed by atoms with Crippen LogP contribution in [0.15, 0.2) is 38.3 Å². The second-order valence-electron chi connectivity index (χ2n) is 9.15. The number of alkyl halides is 8. The summed E-state index contributed by atoms with van der Waals surface area (Å²) in [5.74, 6) is -2.80. The van der Waals surface area contributed by atoms with Crippen molar-refractivity contribution in [2.45, 2.75) is 40.0 Å². The number of nitrogens with two attached hydrogens (primary N) is 1. The van der Waals surface area contributed by atoms with Gasteiger partial charge in [-0.1, -0.05) is 98.9 Å². The Kier molecular flexibility index (Phi) is 5.17. The second kappa shape index (κ2) is 6.75. The lowest BCUT2D eigenvalue weighted by atomic mass is 9.57. The van der Waals surface area contributed by atoms with Crippen LogP contribution in [0, 0.1) is 11.8 Å². The minimum absolute atomic E-state index is 0.0193. The van der Waals surface area contributed by atoms with E-state index in [1.807, 2.05) is 6.07 Å². The highest BCUT2D eigenvalue weighted by atomic mass is 35.5. The van der Waals surface area contributed by atoms with E-state index in [0.717, 1.165) is 5.56 Å². The Morgan fingerprint density at radius 2 is 0.909 bits per heavy atom. The van der Waals surface area contributed by atoms with E-state index < -0.39 is 51.8 Å². The van der Waals surface area contributed by atoms with Crippen LogP contribution in [-0.2, 0) is 0 Å². The Morgan fingerprint density at radius 3 is 1.33 bits per heavy atom. The smallest absolute Gasteiger partial charge is 0.167 e. The fourth-order valence-corrected chi connectivity index (χ4v) is 13.0. The first-order valence-electron chi connectivity index (χ1n) is 9.53. The van der Waals surface area contributed by atoms with Gasteiger partial charge in [-0.3, -0.25) is 0 Å². The van der Waals surface area contributed by atoms with E-state index in [1.54, 1.807) is 12.1 Å². The van der Waals surface area contributed by atoms with Crippen molar-refractivity contribution >= 4 is 145 Å². The van der Waals surface area contributed by atoms with Crippen LogP contribution in [0.25, 0.3) is 0 Å². The zero-order valence-corrected chi connectivity index (χ0v) is 24.7. The van der Waals surface area contributed by atoms with Gasteiger partial charge in [-0.15, -0.1) is 46.4 Å². The monoisotopic (exact) mass is 683 g/mol. The van der Waals surface area contributed by atoms with Gasteiger partial charge in [-0.25, -0.2) is 0 Å². The summed E-state index contributed by atoms with van der Waals surface area (Å²) in [6, 6.07) is 5.28. The molecule has 0 aliphatic heterocycles. The number of anilines is 1. The molecule has 2 N–H and O–H groups in total. The third-order valence-electron chi connectivity index (χ3n) is 8.15. The van der Waals surface area contributed by atoms with Gasteiger partial charge >= 0.3 is 0 Å². The molecule has 8 atom stereocenters. The lowest BCUT2D eigenvalue weighted by Crippen LogP contribution is -2.53. The maximum Gasteiger partial charge on any atom is 0.167 e. The van der Waals surface area contributed by atoms with Crippen molar-refractivity contribution < 1.29 is 0 Å². The van der Waals surface area contributed by atoms with Gasteiger partial charge in [0.15, 0.2) is 8.67 Å². The molecule has 178 valence electrons. The highest BCUT2D eigenvalue weighted by Gasteiger charge is 2.91. The van der Waals surface area contributed by atoms with Crippen molar-refractivity contribution in [2.24, 2.45) is 11.8 Å². The number of halogens is 12. The fraction of sp³-hybridized carbons (Fsp3) is 0.500. The van der Waals surface area contributed by atoms with Gasteiger partial charge in [-0.2, -0.15) is 0 Å². The lowest BCUT2D eigenvalue weighted by molar-refractivity contribution is 0.201. The predicted molar refractivity (Wildman–Crippen MR) is 144 cm³/mol. The summed E-state index contributed by atoms with van der Waals surface area (Å²) in [5, 5.41) is 0.153. The Labute approximate surface area is 249 Å². The summed E-state index contributed by atoms with van der Waals surface area (Å²) in [6.07, 6.45) is 0. The Morgan fingerprint density at radius 1 is 0.545 bits per heavy atom. The van der Waals surface area contributed by atoms with E-state index in [1.165, 1.54) is 0 Å². The molecule has 0 radical (unpaired) electrons. The molecular weight excluding hydrogens is 680 g/mol. The molecule has 13 heteroatoms. The Hall–Kier alpha value is 1.98. The minimum atomic E-state index is -1.85. The van der Waals surface area contributed by atoms with Crippen molar-refractivity contribution in [1.29, 1.82) is 0 Å². The van der Waals surface area contributed by atoms with Gasteiger partial charge < -0.3 is 5.73 Å². The number of fused-ring (bicyclic) bond motifs is 14. The first-order valence-corrected chi connectivity index (χ1v) is 14.1. The molecule has 1 nitrogen and oxygen atoms in total. The SMILES string of the molecule is Nc1ccc2c(c1)[C@@H]1[C@H]([C@@H]3[C@@H]2[C@]2(Cl)C(Cl)=C(Cl)[C@]3(Cl)C2(Cl)Cl)[C@]2(Cl)C(Cl)=C(Cl)[C@]1(Cl)C2(Cl)Cl. The molecule has 0 heterocycles. The van der Waals surface area contributed by atoms with Crippen molar-refractivity contribution in [3.63, 3.8) is 0 Å². The van der Waals surface area contributed by atoms with E-state index in [0.29, 0.717) is 11.3 Å². The molecule has 0 amide bonds. The van der Waals surface area contributed by atoms with Crippen LogP contribution in [-0.4, -0.2) is 28.2 Å². The average molecular weight is 689 g/mol. The van der Waals surface area contributed by atoms with Gasteiger partial charge in [0.05, 0.1) is 20.1 Å². The number of nitrogen functional groups attached to an aromatic ring is 1. The van der Waals surface area contributed by atoms with Crippen LogP contribution in [0.5, 0.6) is 0 Å². The normalized spacial score (nSPS) is 50.1. The summed E-state index contributed by atoms with van der Waals surface area (Å²) in [5.41, 5.74) is 8.03. The molecule has 6 rings (SSSR count). The number of hydrogen-bond donors (Lipinski definition) is 1. The number of hydrogen-bond acceptors (Lipinski definition) is 1. The first-order chi connectivity index (χ1) is 15.0. The third kappa shape index (κ3) is 2.16. The van der Waals surface area contributed by atoms with Crippen LogP contribution in [0.1, 0.15) is 23.0 Å². The zero-order valence-electron chi connectivity index (χ0n) is 15.7. The van der Waals surface area contributed by atoms with Crippen LogP contribution in [0.3, 0.4) is 0 Å². The van der Waals surface area contributed by atoms with Gasteiger partial charge in [-0.05, 0) is 23.3 Å². The van der Waals surface area contributed by atoms with E-state index in [2.05, 4.69) is 0 Å². The Bertz CT molecular complexity index is 1240. The van der Waals surface area contributed by atoms with Crippen LogP contribution in [0.2, 0.25) is 0 Å². The Balaban J connectivity index is 1.79. The molecule has 0 saturated heterocycles. The van der Waals surface area contributed by atoms with Crippen molar-refractivity contribution in [1.82, 2.24) is 0 Å². The summed E-state index contributed by atoms with van der Waals surface area (Å²) < 4.78 is -3.69. The highest BCUT2D eigenvalue weighted by molar-refractivity contribution is 6.67. The standard InChI is InChI=1S/C20H9Cl12N/c21-11-13(23)17(27)9-7(15(11,25)19(17,29)30)5-2-1-4(33)3-6(5)8-10(9)18(28)14(24)12(22)16(8,26)20(18,31)32/h1-3,7-10H,33H2/t7-,8-,9+,10-,15+,16+,17+,18+/m1/s1. The molecule has 1 aromatic rings. The second-order valence-corrected chi connectivity index (χ2v) is 15.7. The predicted octanol–water partition coefficient (Wildman–Crippen LogP) is 9.37. The summed E-state index contributed by atoms with van der Waals surface area (Å²) in [6.45, 7) is 0. The molecule has 2 saturated carbocycles. The largest absolute Gasteiger partial charge is 0.399 e. The molecule has 0 unspecified atom stereocenters. The topological polar surface area (TPSA) is 26.0 Å². The fourth-order valence-electron chi connectivity index (χ4n) is 6.92. The summed E-state index contributed by atoms with van der Waals surface area (Å²) in [4.78, 5) is -6.52. The van der Waals surface area contributed by atoms with Gasteiger partial charge in [0, 0.05) is 29.4 Å². The molecule has 1 aromatic carbocycles. The van der Waals surface area contributed by atoms with Gasteiger partial charge in [0.2, 0.25) is 0 Å². The number of rotatable bonds is 0. The summed E-state index contributed by atoms with van der Waals surface area (Å²) in [7, 11) is 0. The molecule has 4 bridgehead atoms. The average Bonchev–Trinajstić information content (AvgIpc) is 3.08. The zero-order chi connectivity index (χ0) is 24.5. The van der Waals surface area contributed by atoms with Gasteiger partial charge in [0.25, 0.3) is 0 Å². The van der Waals surface area contributed by atoms with Crippen molar-refractivity contribution in [2.75, 3.05) is 5.73 Å².